The molecule has 11 atom stereocenters. The van der Waals surface area contributed by atoms with E-state index >= 15 is 0 Å². The average molecular weight is 729 g/mol. The maximum Gasteiger partial charge on any atom is 0.348 e. The van der Waals surface area contributed by atoms with Crippen LogP contribution in [0.1, 0.15) is 31.3 Å². The number of rotatable bonds is 6. The minimum Gasteiger partial charge on any atom is -0.506 e. The van der Waals surface area contributed by atoms with Crippen molar-refractivity contribution in [2.24, 2.45) is 0 Å². The molecule has 0 saturated carbocycles. The molecule has 3 aliphatic heterocycles. The van der Waals surface area contributed by atoms with Crippen LogP contribution in [-0.4, -0.2) is 83.8 Å². The maximum absolute atomic E-state index is 13.6. The number of benzene rings is 4. The van der Waals surface area contributed by atoms with Gasteiger partial charge in [-0.3, -0.25) is 0 Å². The van der Waals surface area contributed by atoms with Crippen molar-refractivity contribution >= 4 is 43.5 Å². The van der Waals surface area contributed by atoms with Gasteiger partial charge in [0.1, 0.15) is 53.0 Å². The second-order valence-electron chi connectivity index (χ2n) is 13.8. The Labute approximate surface area is 300 Å². The summed E-state index contributed by atoms with van der Waals surface area (Å²) in [5.41, 5.74) is 0.0587. The molecular formula is C39H36O14. The summed E-state index contributed by atoms with van der Waals surface area (Å²) in [5, 5.41) is 34.5. The van der Waals surface area contributed by atoms with E-state index in [2.05, 4.69) is 0 Å². The van der Waals surface area contributed by atoms with Gasteiger partial charge in [-0.15, -0.1) is 0 Å². The first kappa shape index (κ1) is 34.1. The third-order valence-corrected chi connectivity index (χ3v) is 10.6. The lowest BCUT2D eigenvalue weighted by Crippen LogP contribution is -2.63. The third kappa shape index (κ3) is 5.24. The molecule has 4 aromatic carbocycles. The Morgan fingerprint density at radius 2 is 1.42 bits per heavy atom. The smallest absolute Gasteiger partial charge is 0.348 e. The molecule has 276 valence electrons. The highest BCUT2D eigenvalue weighted by Gasteiger charge is 2.56. The van der Waals surface area contributed by atoms with Crippen LogP contribution < -0.4 is 16.0 Å². The minimum atomic E-state index is -1.42. The quantitative estimate of drug-likeness (QED) is 0.126. The third-order valence-electron chi connectivity index (χ3n) is 10.6. The standard InChI is InChI=1S/C39H36O14/c1-15-13-14-21-24-22(15)35(43)50-31-23-19(28(41)26(25(24)31)36(44)48-21)11-8-12-20(23)49-39-34(53-38-29(42)32(45-4)27(40)16(2)46-38)33-30(17(3)47-39)51-37(52-33)18-9-6-5-7-10-18/h5-14,16-17,27,29-30,32-34,37-42H,1-4H3/t16-,17-,27+,29-,30+,32+,33+,34-,37-,38?,39?/m1/s1. The van der Waals surface area contributed by atoms with E-state index < -0.39 is 79.0 Å². The van der Waals surface area contributed by atoms with Gasteiger partial charge in [-0.1, -0.05) is 48.5 Å². The van der Waals surface area contributed by atoms with Crippen LogP contribution in [0.15, 0.2) is 79.1 Å². The van der Waals surface area contributed by atoms with Gasteiger partial charge in [0.15, 0.2) is 24.3 Å². The van der Waals surface area contributed by atoms with Crippen molar-refractivity contribution in [2.75, 3.05) is 7.11 Å². The molecule has 14 heteroatoms. The first-order valence-electron chi connectivity index (χ1n) is 17.3. The molecule has 3 fully saturated rings. The normalized spacial score (nSPS) is 31.8. The zero-order chi connectivity index (χ0) is 36.9. The summed E-state index contributed by atoms with van der Waals surface area (Å²) in [7, 11) is 1.37. The van der Waals surface area contributed by atoms with E-state index in [1.807, 2.05) is 30.3 Å². The van der Waals surface area contributed by atoms with Gasteiger partial charge in [0.25, 0.3) is 0 Å². The number of ether oxygens (including phenoxy) is 7. The van der Waals surface area contributed by atoms with Gasteiger partial charge in [0.2, 0.25) is 6.29 Å². The maximum atomic E-state index is 13.6. The molecule has 2 aromatic heterocycles. The number of hydrogen-bond donors (Lipinski definition) is 3. The van der Waals surface area contributed by atoms with Gasteiger partial charge >= 0.3 is 11.3 Å². The summed E-state index contributed by atoms with van der Waals surface area (Å²) in [6.07, 6.45) is -10.9. The van der Waals surface area contributed by atoms with Gasteiger partial charge in [0, 0.05) is 28.8 Å². The summed E-state index contributed by atoms with van der Waals surface area (Å²) < 4.78 is 55.4. The molecule has 5 heterocycles. The summed E-state index contributed by atoms with van der Waals surface area (Å²) in [6, 6.07) is 17.4. The first-order valence-corrected chi connectivity index (χ1v) is 17.3. The summed E-state index contributed by atoms with van der Waals surface area (Å²) in [6.45, 7) is 5.17. The fourth-order valence-corrected chi connectivity index (χ4v) is 7.98. The van der Waals surface area contributed by atoms with Crippen molar-refractivity contribution in [3.8, 4) is 11.5 Å². The van der Waals surface area contributed by atoms with Crippen molar-refractivity contribution in [2.45, 2.75) is 88.5 Å². The van der Waals surface area contributed by atoms with Gasteiger partial charge in [0.05, 0.1) is 23.0 Å². The number of methoxy groups -OCH3 is 1. The molecule has 0 amide bonds. The van der Waals surface area contributed by atoms with E-state index in [0.29, 0.717) is 10.9 Å². The van der Waals surface area contributed by atoms with Crippen molar-refractivity contribution in [1.29, 1.82) is 0 Å². The summed E-state index contributed by atoms with van der Waals surface area (Å²) in [5.74, 6) is -0.266. The Kier molecular flexibility index (Phi) is 8.21. The van der Waals surface area contributed by atoms with Crippen molar-refractivity contribution < 1.29 is 57.3 Å². The van der Waals surface area contributed by atoms with Crippen molar-refractivity contribution in [1.82, 2.24) is 0 Å². The lowest BCUT2D eigenvalue weighted by molar-refractivity contribution is -0.346. The van der Waals surface area contributed by atoms with Crippen LogP contribution in [-0.2, 0) is 28.4 Å². The highest BCUT2D eigenvalue weighted by molar-refractivity contribution is 6.28. The van der Waals surface area contributed by atoms with Crippen LogP contribution in [0.25, 0.3) is 43.5 Å². The zero-order valence-electron chi connectivity index (χ0n) is 29.0. The van der Waals surface area contributed by atoms with E-state index in [1.165, 1.54) is 7.11 Å². The van der Waals surface area contributed by atoms with Gasteiger partial charge < -0.3 is 57.3 Å². The van der Waals surface area contributed by atoms with E-state index in [-0.39, 0.29) is 49.6 Å². The molecular weight excluding hydrogens is 692 g/mol. The number of hydrogen-bond acceptors (Lipinski definition) is 14. The molecule has 3 aliphatic rings. The monoisotopic (exact) mass is 728 g/mol. The number of phenols is 1. The predicted octanol–water partition coefficient (Wildman–Crippen LogP) is 4.13. The van der Waals surface area contributed by atoms with Crippen LogP contribution >= 0.6 is 0 Å². The van der Waals surface area contributed by atoms with E-state index in [1.54, 1.807) is 51.1 Å². The molecule has 9 rings (SSSR count). The van der Waals surface area contributed by atoms with Gasteiger partial charge in [-0.05, 0) is 38.5 Å². The van der Waals surface area contributed by atoms with Gasteiger partial charge in [-0.2, -0.15) is 0 Å². The highest BCUT2D eigenvalue weighted by atomic mass is 16.8. The first-order chi connectivity index (χ1) is 25.5. The number of aromatic hydroxyl groups is 1. The minimum absolute atomic E-state index is 0.00461. The molecule has 3 N–H and O–H groups in total. The Bertz CT molecular complexity index is 2460. The largest absolute Gasteiger partial charge is 0.506 e. The molecule has 14 nitrogen and oxygen atoms in total. The van der Waals surface area contributed by atoms with Crippen molar-refractivity contribution in [3.63, 3.8) is 0 Å². The Hall–Kier alpha value is -4.64. The predicted molar refractivity (Wildman–Crippen MR) is 187 cm³/mol. The average Bonchev–Trinajstić information content (AvgIpc) is 3.60. The number of aliphatic hydroxyl groups is 2. The second kappa shape index (κ2) is 12.7. The number of fused-ring (bicyclic) bond motifs is 3. The lowest BCUT2D eigenvalue weighted by atomic mass is 9.95. The van der Waals surface area contributed by atoms with Crippen LogP contribution in [0.5, 0.6) is 11.5 Å². The van der Waals surface area contributed by atoms with Crippen LogP contribution in [0.2, 0.25) is 0 Å². The molecule has 53 heavy (non-hydrogen) atoms. The Balaban J connectivity index is 1.19. The number of phenolic OH excluding ortho intramolecular Hbond substituents is 1. The van der Waals surface area contributed by atoms with Crippen LogP contribution in [0.3, 0.4) is 0 Å². The summed E-state index contributed by atoms with van der Waals surface area (Å²) in [4.78, 5) is 26.9. The molecule has 0 aliphatic carbocycles. The number of aryl methyl sites for hydroxylation is 1. The number of aliphatic hydroxyl groups excluding tert-OH is 2. The fourth-order valence-electron chi connectivity index (χ4n) is 7.98. The molecule has 0 bridgehead atoms. The van der Waals surface area contributed by atoms with E-state index in [0.717, 1.165) is 5.56 Å². The van der Waals surface area contributed by atoms with E-state index in [4.69, 9.17) is 42.0 Å². The SMILES string of the molecule is CO[C@H]1[C@@H](O)[C@@H](C)OC(O[C@H]2C(Oc3cccc4c(O)c5c(=O)oc6ccc(C)c7c(=O)oc(c34)c5c67)O[C@H](C)[C@@H]3O[C@@H](c4ccccc4)O[C@@H]32)[C@@H]1O. The van der Waals surface area contributed by atoms with E-state index in [9.17, 15) is 24.9 Å². The van der Waals surface area contributed by atoms with Crippen LogP contribution in [0, 0.1) is 6.92 Å². The Morgan fingerprint density at radius 1 is 0.679 bits per heavy atom. The Morgan fingerprint density at radius 3 is 2.19 bits per heavy atom. The fraction of sp³-hybridized carbons (Fsp3) is 0.385. The van der Waals surface area contributed by atoms with Gasteiger partial charge in [-0.25, -0.2) is 9.59 Å². The molecule has 0 radical (unpaired) electrons. The molecule has 2 unspecified atom stereocenters. The zero-order valence-corrected chi connectivity index (χ0v) is 29.0. The summed E-state index contributed by atoms with van der Waals surface area (Å²) >= 11 is 0. The second-order valence-corrected chi connectivity index (χ2v) is 13.8. The topological polar surface area (TPSA) is 186 Å². The van der Waals surface area contributed by atoms with Crippen LogP contribution in [0.4, 0.5) is 0 Å². The van der Waals surface area contributed by atoms with Crippen molar-refractivity contribution in [3.05, 3.63) is 92.6 Å². The molecule has 3 saturated heterocycles. The highest BCUT2D eigenvalue weighted by Crippen LogP contribution is 2.47. The molecule has 0 spiro atoms. The molecule has 6 aromatic rings. The lowest BCUT2D eigenvalue weighted by Gasteiger charge is -2.45.